The molecule has 46 valence electrons. The Kier molecular flexibility index (Phi) is 4.17. The van der Waals surface area contributed by atoms with Crippen LogP contribution in [0.2, 0.25) is 0 Å². The number of aliphatic hydroxyl groups is 1. The van der Waals surface area contributed by atoms with Crippen molar-refractivity contribution in [1.29, 1.82) is 0 Å². The van der Waals surface area contributed by atoms with E-state index in [4.69, 9.17) is 10.8 Å². The molecule has 1 unspecified atom stereocenters. The first-order valence-electron chi connectivity index (χ1n) is 2.38. The molecule has 3 N–H and O–H groups in total. The molecule has 0 amide bonds. The molecular weight excluding hydrogens is 106 g/mol. The normalized spacial score (nSPS) is 12.2. The molecule has 3 nitrogen and oxygen atoms in total. The van der Waals surface area contributed by atoms with Crippen LogP contribution in [0, 0.1) is 0 Å². The van der Waals surface area contributed by atoms with E-state index in [1.54, 1.807) is 5.94 Å². The molecule has 0 radical (unpaired) electrons. The van der Waals surface area contributed by atoms with Gasteiger partial charge < -0.3 is 10.8 Å². The molecule has 0 heterocycles. The summed E-state index contributed by atoms with van der Waals surface area (Å²) in [6, 6.07) is 0. The Bertz CT molecular complexity index is 96.6. The molecule has 0 aliphatic carbocycles. The fourth-order valence-corrected chi connectivity index (χ4v) is 0.280. The molecule has 0 saturated carbocycles. The van der Waals surface area contributed by atoms with Crippen LogP contribution in [0.4, 0.5) is 0 Å². The molecule has 0 spiro atoms. The van der Waals surface area contributed by atoms with Crippen LogP contribution in [0.1, 0.15) is 6.42 Å². The Morgan fingerprint density at radius 1 is 1.88 bits per heavy atom. The van der Waals surface area contributed by atoms with E-state index in [1.165, 1.54) is 6.08 Å². The molecule has 0 bridgehead atoms. The number of hydrogen-bond donors (Lipinski definition) is 2. The Morgan fingerprint density at radius 3 is 2.88 bits per heavy atom. The van der Waals surface area contributed by atoms with Crippen LogP contribution in [0.15, 0.2) is 6.08 Å². The van der Waals surface area contributed by atoms with Gasteiger partial charge in [-0.2, -0.15) is 0 Å². The van der Waals surface area contributed by atoms with E-state index in [0.717, 1.165) is 0 Å². The molecule has 0 aromatic heterocycles. The van der Waals surface area contributed by atoms with Gasteiger partial charge in [-0.1, -0.05) is 0 Å². The van der Waals surface area contributed by atoms with Crippen LogP contribution in [0.25, 0.3) is 0 Å². The van der Waals surface area contributed by atoms with Crippen molar-refractivity contribution in [3.8, 4) is 0 Å². The van der Waals surface area contributed by atoms with Crippen molar-refractivity contribution in [2.24, 2.45) is 5.73 Å². The van der Waals surface area contributed by atoms with Gasteiger partial charge in [-0.3, -0.25) is 0 Å². The van der Waals surface area contributed by atoms with Crippen LogP contribution >= 0.6 is 0 Å². The second-order valence-electron chi connectivity index (χ2n) is 1.45. The highest BCUT2D eigenvalue weighted by molar-refractivity contribution is 5.44. The maximum atomic E-state index is 9.49. The van der Waals surface area contributed by atoms with Gasteiger partial charge in [0.2, 0.25) is 0 Å². The molecule has 0 rings (SSSR count). The summed E-state index contributed by atoms with van der Waals surface area (Å²) in [5, 5.41) is 8.65. The first-order valence-corrected chi connectivity index (χ1v) is 2.38. The minimum Gasteiger partial charge on any atom is -0.391 e. The number of aliphatic hydroxyl groups excluding tert-OH is 1. The molecule has 0 aromatic rings. The van der Waals surface area contributed by atoms with Crippen LogP contribution < -0.4 is 5.73 Å². The van der Waals surface area contributed by atoms with E-state index in [-0.39, 0.29) is 6.54 Å². The first kappa shape index (κ1) is 7.37. The number of rotatable bonds is 3. The highest BCUT2D eigenvalue weighted by Gasteiger charge is 1.94. The van der Waals surface area contributed by atoms with Gasteiger partial charge in [-0.05, 0) is 0 Å². The van der Waals surface area contributed by atoms with Gasteiger partial charge in [-0.15, -0.1) is 0 Å². The number of nitrogens with two attached hydrogens (primary N) is 1. The third-order valence-corrected chi connectivity index (χ3v) is 0.745. The lowest BCUT2D eigenvalue weighted by Gasteiger charge is -1.98. The van der Waals surface area contributed by atoms with Gasteiger partial charge in [0, 0.05) is 19.0 Å². The minimum absolute atomic E-state index is 0.193. The summed E-state index contributed by atoms with van der Waals surface area (Å²) in [6.07, 6.45) is 0.939. The van der Waals surface area contributed by atoms with Gasteiger partial charge in [0.05, 0.1) is 6.10 Å². The van der Waals surface area contributed by atoms with Crippen molar-refractivity contribution in [2.75, 3.05) is 6.54 Å². The van der Waals surface area contributed by atoms with Gasteiger partial charge in [0.15, 0.2) is 0 Å². The number of carbonyl (C=O) groups excluding carboxylic acids is 1. The Morgan fingerprint density at radius 2 is 2.50 bits per heavy atom. The summed E-state index contributed by atoms with van der Waals surface area (Å²) in [7, 11) is 0. The first-order chi connectivity index (χ1) is 3.81. The van der Waals surface area contributed by atoms with Crippen LogP contribution in [0.3, 0.4) is 0 Å². The SMILES string of the molecule is NCC(O)CC=C=O. The van der Waals surface area contributed by atoms with Crippen LogP contribution in [0.5, 0.6) is 0 Å². The maximum absolute atomic E-state index is 9.49. The van der Waals surface area contributed by atoms with Crippen molar-refractivity contribution >= 4 is 5.94 Å². The van der Waals surface area contributed by atoms with E-state index >= 15 is 0 Å². The van der Waals surface area contributed by atoms with Crippen molar-refractivity contribution in [2.45, 2.75) is 12.5 Å². The molecule has 0 saturated heterocycles. The largest absolute Gasteiger partial charge is 0.391 e. The zero-order valence-corrected chi connectivity index (χ0v) is 4.50. The Labute approximate surface area is 47.8 Å². The highest BCUT2D eigenvalue weighted by atomic mass is 16.3. The molecule has 0 fully saturated rings. The Balaban J connectivity index is 3.23. The molecule has 8 heavy (non-hydrogen) atoms. The minimum atomic E-state index is -0.587. The average Bonchev–Trinajstić information content (AvgIpc) is 1.83. The summed E-state index contributed by atoms with van der Waals surface area (Å²) >= 11 is 0. The fraction of sp³-hybridized carbons (Fsp3) is 0.600. The fourth-order valence-electron chi connectivity index (χ4n) is 0.280. The molecule has 0 aliphatic heterocycles. The summed E-state index contributed by atoms with van der Waals surface area (Å²) in [4.78, 5) is 9.49. The zero-order valence-electron chi connectivity index (χ0n) is 4.50. The molecule has 0 aliphatic rings. The van der Waals surface area contributed by atoms with E-state index in [1.807, 2.05) is 0 Å². The van der Waals surface area contributed by atoms with E-state index < -0.39 is 6.10 Å². The standard InChI is InChI=1S/C5H9NO2/c6-4-5(8)2-1-3-7/h1,5,8H,2,4,6H2. The van der Waals surface area contributed by atoms with Gasteiger partial charge in [-0.25, -0.2) is 4.79 Å². The quantitative estimate of drug-likeness (QED) is 0.468. The lowest BCUT2D eigenvalue weighted by Crippen LogP contribution is -2.18. The summed E-state index contributed by atoms with van der Waals surface area (Å²) in [5.74, 6) is 1.54. The highest BCUT2D eigenvalue weighted by Crippen LogP contribution is 1.85. The van der Waals surface area contributed by atoms with Gasteiger partial charge in [0.1, 0.15) is 5.94 Å². The van der Waals surface area contributed by atoms with Crippen LogP contribution in [-0.2, 0) is 4.79 Å². The van der Waals surface area contributed by atoms with Crippen molar-refractivity contribution in [1.82, 2.24) is 0 Å². The van der Waals surface area contributed by atoms with Crippen molar-refractivity contribution < 1.29 is 9.90 Å². The Hall–Kier alpha value is -0.630. The van der Waals surface area contributed by atoms with E-state index in [2.05, 4.69) is 0 Å². The van der Waals surface area contributed by atoms with Gasteiger partial charge >= 0.3 is 0 Å². The second-order valence-corrected chi connectivity index (χ2v) is 1.45. The molecule has 1 atom stereocenters. The predicted molar refractivity (Wildman–Crippen MR) is 29.9 cm³/mol. The molecule has 3 heteroatoms. The van der Waals surface area contributed by atoms with Crippen LogP contribution in [-0.4, -0.2) is 23.7 Å². The maximum Gasteiger partial charge on any atom is 0.120 e. The molecule has 0 aromatic carbocycles. The third kappa shape index (κ3) is 3.56. The third-order valence-electron chi connectivity index (χ3n) is 0.745. The summed E-state index contributed by atoms with van der Waals surface area (Å²) < 4.78 is 0. The monoisotopic (exact) mass is 115 g/mol. The summed E-state index contributed by atoms with van der Waals surface area (Å²) in [6.45, 7) is 0.193. The van der Waals surface area contributed by atoms with Gasteiger partial charge in [0.25, 0.3) is 0 Å². The van der Waals surface area contributed by atoms with E-state index in [0.29, 0.717) is 6.42 Å². The lowest BCUT2D eigenvalue weighted by atomic mass is 10.2. The van der Waals surface area contributed by atoms with Crippen molar-refractivity contribution in [3.05, 3.63) is 6.08 Å². The average molecular weight is 115 g/mol. The zero-order chi connectivity index (χ0) is 6.41. The van der Waals surface area contributed by atoms with Crippen molar-refractivity contribution in [3.63, 3.8) is 0 Å². The predicted octanol–water partition coefficient (Wildman–Crippen LogP) is -0.916. The molecular formula is C5H9NO2. The number of hydrogen-bond acceptors (Lipinski definition) is 3. The second kappa shape index (κ2) is 4.53. The summed E-state index contributed by atoms with van der Waals surface area (Å²) in [5.41, 5.74) is 5.01. The topological polar surface area (TPSA) is 63.3 Å². The smallest absolute Gasteiger partial charge is 0.120 e. The van der Waals surface area contributed by atoms with E-state index in [9.17, 15) is 4.79 Å². The lowest BCUT2D eigenvalue weighted by molar-refractivity contribution is 0.186.